The van der Waals surface area contributed by atoms with Crippen LogP contribution in [0.2, 0.25) is 0 Å². The summed E-state index contributed by atoms with van der Waals surface area (Å²) in [5.41, 5.74) is 0. The monoisotopic (exact) mass is 246 g/mol. The van der Waals surface area contributed by atoms with Crippen molar-refractivity contribution in [1.29, 1.82) is 0 Å². The van der Waals surface area contributed by atoms with Crippen LogP contribution >= 0.6 is 0 Å². The number of nitrogens with one attached hydrogen (secondary N) is 1. The first-order valence-electron chi connectivity index (χ1n) is 5.63. The minimum absolute atomic E-state index is 0.0304. The fourth-order valence-electron chi connectivity index (χ4n) is 3.08. The van der Waals surface area contributed by atoms with Crippen LogP contribution in [0.1, 0.15) is 32.6 Å². The highest BCUT2D eigenvalue weighted by atomic mass is 32.2. The van der Waals surface area contributed by atoms with E-state index in [9.17, 15) is 13.2 Å². The van der Waals surface area contributed by atoms with E-state index in [1.54, 1.807) is 4.31 Å². The Morgan fingerprint density at radius 2 is 1.75 bits per heavy atom. The van der Waals surface area contributed by atoms with Gasteiger partial charge in [-0.3, -0.25) is 4.79 Å². The molecule has 6 heteroatoms. The van der Waals surface area contributed by atoms with Crippen molar-refractivity contribution >= 4 is 15.9 Å². The minimum atomic E-state index is -3.09. The minimum Gasteiger partial charge on any atom is -0.353 e. The summed E-state index contributed by atoms with van der Waals surface area (Å²) in [4.78, 5) is 11.0. The summed E-state index contributed by atoms with van der Waals surface area (Å²) in [6, 6.07) is 0.323. The SMILES string of the molecule is CC(=O)NC1CC2CCC(C1)N2S(C)(=O)=O. The molecule has 0 radical (unpaired) electrons. The molecule has 1 amide bonds. The second-order valence-electron chi connectivity index (χ2n) is 4.85. The van der Waals surface area contributed by atoms with E-state index >= 15 is 0 Å². The maximum absolute atomic E-state index is 11.6. The van der Waals surface area contributed by atoms with Gasteiger partial charge in [-0.1, -0.05) is 0 Å². The van der Waals surface area contributed by atoms with Crippen LogP contribution in [-0.2, 0) is 14.8 Å². The molecule has 0 saturated carbocycles. The van der Waals surface area contributed by atoms with Crippen LogP contribution in [0.25, 0.3) is 0 Å². The van der Waals surface area contributed by atoms with E-state index in [1.165, 1.54) is 13.2 Å². The lowest BCUT2D eigenvalue weighted by Crippen LogP contribution is -2.51. The van der Waals surface area contributed by atoms with Crippen molar-refractivity contribution in [3.8, 4) is 0 Å². The molecule has 0 spiro atoms. The molecule has 0 aromatic rings. The summed E-state index contributed by atoms with van der Waals surface area (Å²) >= 11 is 0. The predicted octanol–water partition coefficient (Wildman–Crippen LogP) is 0.0775. The van der Waals surface area contributed by atoms with Gasteiger partial charge in [0.25, 0.3) is 0 Å². The fraction of sp³-hybridized carbons (Fsp3) is 0.900. The number of carbonyl (C=O) groups excluding carboxylic acids is 1. The van der Waals surface area contributed by atoms with Gasteiger partial charge in [-0.25, -0.2) is 8.42 Å². The first-order chi connectivity index (χ1) is 7.38. The number of hydrogen-bond acceptors (Lipinski definition) is 3. The van der Waals surface area contributed by atoms with E-state index < -0.39 is 10.0 Å². The largest absolute Gasteiger partial charge is 0.353 e. The van der Waals surface area contributed by atoms with E-state index in [4.69, 9.17) is 0 Å². The first-order valence-corrected chi connectivity index (χ1v) is 7.48. The molecule has 16 heavy (non-hydrogen) atoms. The third kappa shape index (κ3) is 2.22. The predicted molar refractivity (Wildman–Crippen MR) is 60.3 cm³/mol. The molecule has 2 aliphatic rings. The molecule has 2 saturated heterocycles. The highest BCUT2D eigenvalue weighted by Gasteiger charge is 2.45. The number of fused-ring (bicyclic) bond motifs is 2. The highest BCUT2D eigenvalue weighted by Crippen LogP contribution is 2.37. The summed E-state index contributed by atoms with van der Waals surface area (Å²) in [6.45, 7) is 1.50. The zero-order valence-corrected chi connectivity index (χ0v) is 10.5. The molecular weight excluding hydrogens is 228 g/mol. The maximum Gasteiger partial charge on any atom is 0.217 e. The number of piperidine rings is 1. The van der Waals surface area contributed by atoms with Crippen LogP contribution in [0.4, 0.5) is 0 Å². The summed E-state index contributed by atoms with van der Waals surface area (Å²) in [5, 5.41) is 2.89. The summed E-state index contributed by atoms with van der Waals surface area (Å²) in [6.07, 6.45) is 4.63. The zero-order chi connectivity index (χ0) is 11.9. The lowest BCUT2D eigenvalue weighted by Gasteiger charge is -2.37. The molecule has 92 valence electrons. The topological polar surface area (TPSA) is 66.5 Å². The van der Waals surface area contributed by atoms with Gasteiger partial charge >= 0.3 is 0 Å². The number of amides is 1. The lowest BCUT2D eigenvalue weighted by atomic mass is 10.00. The average Bonchev–Trinajstić information content (AvgIpc) is 2.37. The standard InChI is InChI=1S/C10H18N2O3S/c1-7(13)11-8-5-9-3-4-10(6-8)12(9)16(2,14)15/h8-10H,3-6H2,1-2H3,(H,11,13). The van der Waals surface area contributed by atoms with Crippen LogP contribution in [0.3, 0.4) is 0 Å². The van der Waals surface area contributed by atoms with Gasteiger partial charge in [-0.15, -0.1) is 0 Å². The molecule has 1 N–H and O–H groups in total. The van der Waals surface area contributed by atoms with Crippen LogP contribution in [0.5, 0.6) is 0 Å². The van der Waals surface area contributed by atoms with Gasteiger partial charge in [0.2, 0.25) is 15.9 Å². The third-order valence-corrected chi connectivity index (χ3v) is 4.82. The van der Waals surface area contributed by atoms with E-state index in [1.807, 2.05) is 0 Å². The Morgan fingerprint density at radius 1 is 1.25 bits per heavy atom. The number of carbonyl (C=O) groups is 1. The van der Waals surface area contributed by atoms with Gasteiger partial charge in [0.1, 0.15) is 0 Å². The quantitative estimate of drug-likeness (QED) is 0.750. The summed E-state index contributed by atoms with van der Waals surface area (Å²) in [7, 11) is -3.09. The smallest absolute Gasteiger partial charge is 0.217 e. The Morgan fingerprint density at radius 3 is 2.12 bits per heavy atom. The van der Waals surface area contributed by atoms with Crippen LogP contribution in [0, 0.1) is 0 Å². The molecule has 5 nitrogen and oxygen atoms in total. The van der Waals surface area contributed by atoms with Gasteiger partial charge in [0, 0.05) is 25.0 Å². The maximum atomic E-state index is 11.6. The zero-order valence-electron chi connectivity index (χ0n) is 9.64. The fourth-order valence-corrected chi connectivity index (χ4v) is 4.55. The second-order valence-corrected chi connectivity index (χ2v) is 6.73. The van der Waals surface area contributed by atoms with Crippen LogP contribution in [-0.4, -0.2) is 43.0 Å². The average molecular weight is 246 g/mol. The molecule has 2 heterocycles. The van der Waals surface area contributed by atoms with Gasteiger partial charge in [0.05, 0.1) is 6.26 Å². The van der Waals surface area contributed by atoms with E-state index in [2.05, 4.69) is 5.32 Å². The van der Waals surface area contributed by atoms with Crippen molar-refractivity contribution in [2.45, 2.75) is 50.7 Å². The lowest BCUT2D eigenvalue weighted by molar-refractivity contribution is -0.120. The Balaban J connectivity index is 2.10. The Hall–Kier alpha value is -0.620. The van der Waals surface area contributed by atoms with Crippen molar-refractivity contribution in [3.63, 3.8) is 0 Å². The van der Waals surface area contributed by atoms with E-state index in [-0.39, 0.29) is 24.0 Å². The number of rotatable bonds is 2. The van der Waals surface area contributed by atoms with Gasteiger partial charge < -0.3 is 5.32 Å². The molecule has 0 aliphatic carbocycles. The van der Waals surface area contributed by atoms with Crippen LogP contribution < -0.4 is 5.32 Å². The molecule has 2 aliphatic heterocycles. The normalized spacial score (nSPS) is 35.0. The molecule has 2 fully saturated rings. The molecule has 0 aromatic carbocycles. The second kappa shape index (κ2) is 4.00. The Labute approximate surface area is 96.2 Å². The first kappa shape index (κ1) is 11.9. The van der Waals surface area contributed by atoms with Crippen molar-refractivity contribution < 1.29 is 13.2 Å². The van der Waals surface area contributed by atoms with Gasteiger partial charge in [-0.2, -0.15) is 4.31 Å². The molecule has 2 rings (SSSR count). The summed E-state index contributed by atoms with van der Waals surface area (Å²) < 4.78 is 24.9. The van der Waals surface area contributed by atoms with E-state index in [0.717, 1.165) is 25.7 Å². The molecule has 2 atom stereocenters. The number of nitrogens with zero attached hydrogens (tertiary/aromatic N) is 1. The Kier molecular flexibility index (Phi) is 2.96. The number of sulfonamides is 1. The summed E-state index contributed by atoms with van der Waals surface area (Å²) in [5.74, 6) is -0.0304. The molecule has 2 unspecified atom stereocenters. The highest BCUT2D eigenvalue weighted by molar-refractivity contribution is 7.88. The molecule has 2 bridgehead atoms. The van der Waals surface area contributed by atoms with Crippen molar-refractivity contribution in [3.05, 3.63) is 0 Å². The Bertz CT molecular complexity index is 379. The number of hydrogen-bond donors (Lipinski definition) is 1. The van der Waals surface area contributed by atoms with Crippen molar-refractivity contribution in [2.75, 3.05) is 6.26 Å². The van der Waals surface area contributed by atoms with Gasteiger partial charge in [0.15, 0.2) is 0 Å². The molecule has 0 aromatic heterocycles. The van der Waals surface area contributed by atoms with Crippen molar-refractivity contribution in [2.24, 2.45) is 0 Å². The molecular formula is C10H18N2O3S. The van der Waals surface area contributed by atoms with Crippen LogP contribution in [0.15, 0.2) is 0 Å². The van der Waals surface area contributed by atoms with Gasteiger partial charge in [-0.05, 0) is 25.7 Å². The van der Waals surface area contributed by atoms with E-state index in [0.29, 0.717) is 0 Å². The van der Waals surface area contributed by atoms with Crippen molar-refractivity contribution in [1.82, 2.24) is 9.62 Å². The third-order valence-electron chi connectivity index (χ3n) is 3.46.